The van der Waals surface area contributed by atoms with Gasteiger partial charge in [-0.1, -0.05) is 96.6 Å². The van der Waals surface area contributed by atoms with Crippen molar-refractivity contribution in [2.75, 3.05) is 0 Å². The molecule has 0 heteroatoms. The Hall–Kier alpha value is -0.260. The molecule has 0 aromatic heterocycles. The van der Waals surface area contributed by atoms with Gasteiger partial charge in [0.2, 0.25) is 0 Å². The van der Waals surface area contributed by atoms with Gasteiger partial charge in [0.05, 0.1) is 0 Å². The zero-order chi connectivity index (χ0) is 14.0. The van der Waals surface area contributed by atoms with Crippen molar-refractivity contribution >= 4 is 0 Å². The van der Waals surface area contributed by atoms with Crippen LogP contribution in [-0.4, -0.2) is 0 Å². The predicted octanol–water partition coefficient (Wildman–Crippen LogP) is 7.43. The van der Waals surface area contributed by atoms with Crippen LogP contribution in [0, 0.1) is 0 Å². The van der Waals surface area contributed by atoms with Crippen LogP contribution in [0.2, 0.25) is 0 Å². The first-order chi connectivity index (χ1) is 9.41. The summed E-state index contributed by atoms with van der Waals surface area (Å²) in [5.41, 5.74) is 0. The van der Waals surface area contributed by atoms with Gasteiger partial charge in [-0.25, -0.2) is 0 Å². The van der Waals surface area contributed by atoms with Crippen LogP contribution in [0.4, 0.5) is 0 Å². The lowest BCUT2D eigenvalue weighted by Gasteiger charge is -1.99. The van der Waals surface area contributed by atoms with E-state index in [2.05, 4.69) is 26.0 Å². The maximum Gasteiger partial charge on any atom is -0.0351 e. The molecular weight excluding hydrogens is 228 g/mol. The number of allylic oxidation sites excluding steroid dienone is 2. The number of rotatable bonds is 15. The van der Waals surface area contributed by atoms with E-state index in [4.69, 9.17) is 0 Å². The minimum Gasteiger partial charge on any atom is -0.0885 e. The Morgan fingerprint density at radius 3 is 1.11 bits per heavy atom. The fourth-order valence-electron chi connectivity index (χ4n) is 2.50. The van der Waals surface area contributed by atoms with E-state index in [1.165, 1.54) is 96.3 Å². The van der Waals surface area contributed by atoms with E-state index >= 15 is 0 Å². The van der Waals surface area contributed by atoms with Crippen molar-refractivity contribution in [2.45, 2.75) is 110 Å². The molecular formula is C19H38. The van der Waals surface area contributed by atoms with Gasteiger partial charge in [-0.15, -0.1) is 0 Å². The molecule has 0 rings (SSSR count). The largest absolute Gasteiger partial charge is 0.0885 e. The fourth-order valence-corrected chi connectivity index (χ4v) is 2.50. The van der Waals surface area contributed by atoms with Gasteiger partial charge in [0.1, 0.15) is 0 Å². The number of hydrogen-bond acceptors (Lipinski definition) is 0. The lowest BCUT2D eigenvalue weighted by atomic mass is 10.1. The molecule has 0 radical (unpaired) electrons. The minimum absolute atomic E-state index is 1.31. The molecule has 0 N–H and O–H groups in total. The van der Waals surface area contributed by atoms with Crippen LogP contribution >= 0.6 is 0 Å². The fraction of sp³-hybridized carbons (Fsp3) is 0.895. The van der Waals surface area contributed by atoms with Gasteiger partial charge >= 0.3 is 0 Å². The second-order valence-corrected chi connectivity index (χ2v) is 5.94. The van der Waals surface area contributed by atoms with Crippen LogP contribution in [0.3, 0.4) is 0 Å². The SMILES string of the molecule is CCCCCCCC/C=C/CCCCCCCCC. The van der Waals surface area contributed by atoms with Crippen molar-refractivity contribution in [3.05, 3.63) is 12.2 Å². The van der Waals surface area contributed by atoms with E-state index in [9.17, 15) is 0 Å². The smallest absolute Gasteiger partial charge is 0.0351 e. The predicted molar refractivity (Wildman–Crippen MR) is 89.7 cm³/mol. The normalized spacial score (nSPS) is 11.5. The second kappa shape index (κ2) is 17.7. The highest BCUT2D eigenvalue weighted by molar-refractivity contribution is 4.81. The van der Waals surface area contributed by atoms with E-state index in [0.717, 1.165) is 0 Å². The molecule has 0 aliphatic heterocycles. The monoisotopic (exact) mass is 266 g/mol. The summed E-state index contributed by atoms with van der Waals surface area (Å²) in [6.07, 6.45) is 25.9. The molecule has 0 aliphatic rings. The molecule has 0 amide bonds. The van der Waals surface area contributed by atoms with E-state index in [-0.39, 0.29) is 0 Å². The van der Waals surface area contributed by atoms with Crippen molar-refractivity contribution in [1.29, 1.82) is 0 Å². The van der Waals surface area contributed by atoms with Gasteiger partial charge in [0, 0.05) is 0 Å². The summed E-state index contributed by atoms with van der Waals surface area (Å²) in [6, 6.07) is 0. The molecule has 0 aliphatic carbocycles. The molecule has 0 atom stereocenters. The summed E-state index contributed by atoms with van der Waals surface area (Å²) in [4.78, 5) is 0. The van der Waals surface area contributed by atoms with E-state index < -0.39 is 0 Å². The third-order valence-corrected chi connectivity index (χ3v) is 3.87. The standard InChI is InChI=1S/C19H38/c1-3-5-7-9-11-13-15-17-19-18-16-14-12-10-8-6-4-2/h17,19H,3-16,18H2,1-2H3/b19-17+. The van der Waals surface area contributed by atoms with Crippen molar-refractivity contribution in [2.24, 2.45) is 0 Å². The summed E-state index contributed by atoms with van der Waals surface area (Å²) in [6.45, 7) is 4.57. The maximum absolute atomic E-state index is 2.41. The molecule has 0 nitrogen and oxygen atoms in total. The van der Waals surface area contributed by atoms with Crippen LogP contribution in [0.1, 0.15) is 110 Å². The average molecular weight is 267 g/mol. The highest BCUT2D eigenvalue weighted by Crippen LogP contribution is 2.10. The average Bonchev–Trinajstić information content (AvgIpc) is 2.43. The van der Waals surface area contributed by atoms with Gasteiger partial charge in [-0.3, -0.25) is 0 Å². The molecule has 0 unspecified atom stereocenters. The van der Waals surface area contributed by atoms with E-state index in [0.29, 0.717) is 0 Å². The van der Waals surface area contributed by atoms with E-state index in [1.807, 2.05) is 0 Å². The molecule has 0 fully saturated rings. The zero-order valence-corrected chi connectivity index (χ0v) is 13.8. The summed E-state index contributed by atoms with van der Waals surface area (Å²) in [5.74, 6) is 0. The molecule has 0 spiro atoms. The van der Waals surface area contributed by atoms with Crippen LogP contribution in [0.15, 0.2) is 12.2 Å². The second-order valence-electron chi connectivity index (χ2n) is 5.94. The minimum atomic E-state index is 1.31. The zero-order valence-electron chi connectivity index (χ0n) is 13.8. The van der Waals surface area contributed by atoms with Gasteiger partial charge in [0.25, 0.3) is 0 Å². The topological polar surface area (TPSA) is 0 Å². The molecule has 19 heavy (non-hydrogen) atoms. The van der Waals surface area contributed by atoms with Gasteiger partial charge in [-0.05, 0) is 25.7 Å². The molecule has 0 heterocycles. The lowest BCUT2D eigenvalue weighted by Crippen LogP contribution is -1.79. The Kier molecular flexibility index (Phi) is 17.5. The molecule has 0 bridgehead atoms. The molecule has 0 saturated heterocycles. The third kappa shape index (κ3) is 17.7. The first-order valence-corrected chi connectivity index (χ1v) is 9.06. The van der Waals surface area contributed by atoms with Gasteiger partial charge in [0.15, 0.2) is 0 Å². The molecule has 0 aromatic rings. The quantitative estimate of drug-likeness (QED) is 0.213. The summed E-state index contributed by atoms with van der Waals surface area (Å²) >= 11 is 0. The molecule has 0 saturated carbocycles. The van der Waals surface area contributed by atoms with Gasteiger partial charge < -0.3 is 0 Å². The van der Waals surface area contributed by atoms with Crippen molar-refractivity contribution in [3.8, 4) is 0 Å². The highest BCUT2D eigenvalue weighted by atomic mass is 14.0. The van der Waals surface area contributed by atoms with Crippen molar-refractivity contribution in [3.63, 3.8) is 0 Å². The Morgan fingerprint density at radius 1 is 0.421 bits per heavy atom. The van der Waals surface area contributed by atoms with Crippen molar-refractivity contribution < 1.29 is 0 Å². The maximum atomic E-state index is 2.41. The highest BCUT2D eigenvalue weighted by Gasteiger charge is 1.90. The summed E-state index contributed by atoms with van der Waals surface area (Å²) < 4.78 is 0. The number of hydrogen-bond donors (Lipinski definition) is 0. The summed E-state index contributed by atoms with van der Waals surface area (Å²) in [5, 5.41) is 0. The Bertz CT molecular complexity index is 169. The van der Waals surface area contributed by atoms with E-state index in [1.54, 1.807) is 0 Å². The van der Waals surface area contributed by atoms with Crippen molar-refractivity contribution in [1.82, 2.24) is 0 Å². The Labute approximate surface area is 123 Å². The third-order valence-electron chi connectivity index (χ3n) is 3.87. The lowest BCUT2D eigenvalue weighted by molar-refractivity contribution is 0.591. The Balaban J connectivity index is 3.01. The first kappa shape index (κ1) is 18.7. The van der Waals surface area contributed by atoms with Crippen LogP contribution in [-0.2, 0) is 0 Å². The Morgan fingerprint density at radius 2 is 0.737 bits per heavy atom. The molecule has 0 aromatic carbocycles. The summed E-state index contributed by atoms with van der Waals surface area (Å²) in [7, 11) is 0. The van der Waals surface area contributed by atoms with Crippen LogP contribution < -0.4 is 0 Å². The van der Waals surface area contributed by atoms with Crippen LogP contribution in [0.25, 0.3) is 0 Å². The number of unbranched alkanes of at least 4 members (excludes halogenated alkanes) is 13. The first-order valence-electron chi connectivity index (χ1n) is 9.06. The van der Waals surface area contributed by atoms with Crippen LogP contribution in [0.5, 0.6) is 0 Å². The van der Waals surface area contributed by atoms with Gasteiger partial charge in [-0.2, -0.15) is 0 Å². The molecule has 114 valence electrons.